The molecule has 5 rings (SSSR count). The maximum absolute atomic E-state index is 12.8. The molecule has 4 N–H and O–H groups in total. The number of aromatic nitrogens is 2. The van der Waals surface area contributed by atoms with Crippen LogP contribution in [0.15, 0.2) is 41.8 Å². The van der Waals surface area contributed by atoms with Crippen molar-refractivity contribution in [1.82, 2.24) is 20.7 Å². The van der Waals surface area contributed by atoms with E-state index in [1.54, 1.807) is 18.5 Å². The first-order valence-corrected chi connectivity index (χ1v) is 9.53. The highest BCUT2D eigenvalue weighted by molar-refractivity contribution is 6.16. The molecular formula is C21H20N6O2. The zero-order valence-electron chi connectivity index (χ0n) is 15.8. The molecule has 0 spiro atoms. The van der Waals surface area contributed by atoms with E-state index in [0.29, 0.717) is 17.8 Å². The number of benzene rings is 1. The van der Waals surface area contributed by atoms with E-state index in [0.717, 1.165) is 34.1 Å². The van der Waals surface area contributed by atoms with E-state index in [-0.39, 0.29) is 23.7 Å². The van der Waals surface area contributed by atoms with Crippen molar-refractivity contribution in [3.8, 4) is 0 Å². The smallest absolute Gasteiger partial charge is 0.272 e. The minimum absolute atomic E-state index is 0.0436. The van der Waals surface area contributed by atoms with Gasteiger partial charge in [-0.3, -0.25) is 14.6 Å². The van der Waals surface area contributed by atoms with Gasteiger partial charge < -0.3 is 15.6 Å². The third-order valence-electron chi connectivity index (χ3n) is 5.48. The summed E-state index contributed by atoms with van der Waals surface area (Å²) in [6.45, 7) is 0.611. The summed E-state index contributed by atoms with van der Waals surface area (Å²) >= 11 is 0. The van der Waals surface area contributed by atoms with Crippen LogP contribution in [0.25, 0.3) is 10.9 Å². The molecule has 146 valence electrons. The van der Waals surface area contributed by atoms with Gasteiger partial charge in [-0.15, -0.1) is 0 Å². The van der Waals surface area contributed by atoms with E-state index in [4.69, 9.17) is 0 Å². The van der Waals surface area contributed by atoms with E-state index in [2.05, 4.69) is 31.1 Å². The number of nitrogens with one attached hydrogen (secondary N) is 4. The number of rotatable bonds is 5. The number of carbonyl (C=O) groups excluding carboxylic acids is 2. The normalized spacial score (nSPS) is 19.7. The quantitative estimate of drug-likeness (QED) is 0.536. The highest BCUT2D eigenvalue weighted by Gasteiger charge is 2.44. The molecule has 3 heterocycles. The lowest BCUT2D eigenvalue weighted by Gasteiger charge is -2.08. The molecule has 0 bridgehead atoms. The second-order valence-corrected chi connectivity index (χ2v) is 7.42. The Hall–Kier alpha value is -3.52. The van der Waals surface area contributed by atoms with Crippen molar-refractivity contribution in [2.24, 2.45) is 11.0 Å². The van der Waals surface area contributed by atoms with Crippen molar-refractivity contribution in [1.29, 1.82) is 0 Å². The van der Waals surface area contributed by atoms with Crippen LogP contribution in [-0.2, 0) is 11.3 Å². The van der Waals surface area contributed by atoms with Gasteiger partial charge >= 0.3 is 0 Å². The lowest BCUT2D eigenvalue weighted by Crippen LogP contribution is -2.18. The van der Waals surface area contributed by atoms with Crippen LogP contribution in [0.4, 0.5) is 5.69 Å². The van der Waals surface area contributed by atoms with Crippen molar-refractivity contribution in [2.45, 2.75) is 18.9 Å². The second kappa shape index (κ2) is 6.82. The third kappa shape index (κ3) is 3.07. The molecule has 8 heteroatoms. The molecule has 1 unspecified atom stereocenters. The van der Waals surface area contributed by atoms with Gasteiger partial charge in [0.25, 0.3) is 5.91 Å². The first kappa shape index (κ1) is 17.6. The Bertz CT molecular complexity index is 1150. The SMILES string of the molecule is CNCc1[nH]c2cc(NC(=O)[C@@H]3CC3c3cccnc3)cc3c2c1C=NNC3=O. The summed E-state index contributed by atoms with van der Waals surface area (Å²) in [7, 11) is 1.86. The Balaban J connectivity index is 1.45. The molecule has 1 fully saturated rings. The predicted molar refractivity (Wildman–Crippen MR) is 110 cm³/mol. The minimum Gasteiger partial charge on any atom is -0.357 e. The van der Waals surface area contributed by atoms with E-state index < -0.39 is 0 Å². The van der Waals surface area contributed by atoms with Crippen molar-refractivity contribution >= 4 is 34.6 Å². The Labute approximate surface area is 166 Å². The number of hydrazone groups is 1. The molecule has 3 aromatic rings. The van der Waals surface area contributed by atoms with Gasteiger partial charge in [0.15, 0.2) is 0 Å². The molecule has 0 radical (unpaired) electrons. The summed E-state index contributed by atoms with van der Waals surface area (Å²) in [6.07, 6.45) is 6.00. The zero-order valence-corrected chi connectivity index (χ0v) is 15.8. The molecule has 1 aromatic carbocycles. The van der Waals surface area contributed by atoms with Crippen LogP contribution in [-0.4, -0.2) is 35.0 Å². The number of pyridine rings is 1. The topological polar surface area (TPSA) is 111 Å². The summed E-state index contributed by atoms with van der Waals surface area (Å²) in [5.74, 6) is -0.219. The molecule has 0 saturated heterocycles. The number of carbonyl (C=O) groups is 2. The zero-order chi connectivity index (χ0) is 20.0. The van der Waals surface area contributed by atoms with Gasteiger partial charge in [0.1, 0.15) is 0 Å². The van der Waals surface area contributed by atoms with Gasteiger partial charge in [-0.05, 0) is 43.1 Å². The fraction of sp³-hybridized carbons (Fsp3) is 0.238. The average molecular weight is 388 g/mol. The second-order valence-electron chi connectivity index (χ2n) is 7.42. The van der Waals surface area contributed by atoms with Gasteiger partial charge in [0.05, 0.1) is 11.8 Å². The van der Waals surface area contributed by atoms with Gasteiger partial charge in [-0.25, -0.2) is 5.43 Å². The van der Waals surface area contributed by atoms with E-state index in [9.17, 15) is 9.59 Å². The minimum atomic E-state index is -0.296. The van der Waals surface area contributed by atoms with Crippen LogP contribution >= 0.6 is 0 Å². The highest BCUT2D eigenvalue weighted by atomic mass is 16.2. The molecule has 2 atom stereocenters. The lowest BCUT2D eigenvalue weighted by atomic mass is 10.0. The van der Waals surface area contributed by atoms with Crippen molar-refractivity contribution in [2.75, 3.05) is 12.4 Å². The maximum Gasteiger partial charge on any atom is 0.272 e. The number of nitrogens with zero attached hydrogens (tertiary/aromatic N) is 2. The van der Waals surface area contributed by atoms with E-state index in [1.165, 1.54) is 0 Å². The van der Waals surface area contributed by atoms with Crippen LogP contribution in [0.1, 0.15) is 39.5 Å². The molecule has 29 heavy (non-hydrogen) atoms. The average Bonchev–Trinajstić information content (AvgIpc) is 3.48. The maximum atomic E-state index is 12.8. The monoisotopic (exact) mass is 388 g/mol. The number of hydrogen-bond donors (Lipinski definition) is 4. The fourth-order valence-electron chi connectivity index (χ4n) is 4.02. The van der Waals surface area contributed by atoms with Gasteiger partial charge in [0.2, 0.25) is 5.91 Å². The summed E-state index contributed by atoms with van der Waals surface area (Å²) < 4.78 is 0. The van der Waals surface area contributed by atoms with E-state index in [1.807, 2.05) is 31.4 Å². The fourth-order valence-corrected chi connectivity index (χ4v) is 4.02. The van der Waals surface area contributed by atoms with Crippen LogP contribution in [0.5, 0.6) is 0 Å². The number of amides is 2. The largest absolute Gasteiger partial charge is 0.357 e. The molecule has 2 amide bonds. The van der Waals surface area contributed by atoms with Gasteiger partial charge in [0, 0.05) is 52.7 Å². The van der Waals surface area contributed by atoms with Crippen molar-refractivity contribution in [3.63, 3.8) is 0 Å². The predicted octanol–water partition coefficient (Wildman–Crippen LogP) is 2.10. The standard InChI is InChI=1S/C21H20N6O2/c1-22-10-18-16-9-24-27-21(29)15-5-12(6-17(26-18)19(15)16)25-20(28)14-7-13(14)11-3-2-4-23-8-11/h2-6,8-9,13-14,22,26H,7,10H2,1H3,(H,25,28)(H,27,29)/t13?,14-/m1/s1. The summed E-state index contributed by atoms with van der Waals surface area (Å²) in [5.41, 5.74) is 7.29. The number of aromatic amines is 1. The molecule has 1 aliphatic carbocycles. The molecular weight excluding hydrogens is 368 g/mol. The molecule has 2 aromatic heterocycles. The lowest BCUT2D eigenvalue weighted by molar-refractivity contribution is -0.117. The summed E-state index contributed by atoms with van der Waals surface area (Å²) in [6, 6.07) is 7.47. The summed E-state index contributed by atoms with van der Waals surface area (Å²) in [4.78, 5) is 32.7. The van der Waals surface area contributed by atoms with Gasteiger partial charge in [-0.1, -0.05) is 6.07 Å². The van der Waals surface area contributed by atoms with E-state index >= 15 is 0 Å². The van der Waals surface area contributed by atoms with Crippen LogP contribution in [0.3, 0.4) is 0 Å². The molecule has 2 aliphatic rings. The highest BCUT2D eigenvalue weighted by Crippen LogP contribution is 2.47. The number of H-pyrrole nitrogens is 1. The number of anilines is 1. The van der Waals surface area contributed by atoms with Crippen molar-refractivity contribution < 1.29 is 9.59 Å². The molecule has 1 saturated carbocycles. The third-order valence-corrected chi connectivity index (χ3v) is 5.48. The molecule has 8 nitrogen and oxygen atoms in total. The van der Waals surface area contributed by atoms with Crippen LogP contribution in [0, 0.1) is 5.92 Å². The molecule has 1 aliphatic heterocycles. The Morgan fingerprint density at radius 3 is 3.03 bits per heavy atom. The van der Waals surface area contributed by atoms with Crippen molar-refractivity contribution in [3.05, 3.63) is 59.0 Å². The van der Waals surface area contributed by atoms with Gasteiger partial charge in [-0.2, -0.15) is 5.10 Å². The number of hydrogen-bond acceptors (Lipinski definition) is 5. The van der Waals surface area contributed by atoms with Crippen LogP contribution < -0.4 is 16.1 Å². The summed E-state index contributed by atoms with van der Waals surface area (Å²) in [5, 5.41) is 10.9. The Morgan fingerprint density at radius 1 is 1.34 bits per heavy atom. The first-order valence-electron chi connectivity index (χ1n) is 9.53. The first-order chi connectivity index (χ1) is 14.2. The Kier molecular flexibility index (Phi) is 4.13. The van der Waals surface area contributed by atoms with Crippen LogP contribution in [0.2, 0.25) is 0 Å². The Morgan fingerprint density at radius 2 is 2.24 bits per heavy atom.